The molecule has 3 aromatic rings. The van der Waals surface area contributed by atoms with Crippen LogP contribution < -0.4 is 5.32 Å². The maximum Gasteiger partial charge on any atom is 0.348 e. The second-order valence-electron chi connectivity index (χ2n) is 9.42. The minimum Gasteiger partial charge on any atom is -0.479 e. The average Bonchev–Trinajstić information content (AvgIpc) is 3.66. The predicted octanol–water partition coefficient (Wildman–Crippen LogP) is 2.38. The number of aromatic nitrogens is 4. The van der Waals surface area contributed by atoms with Gasteiger partial charge < -0.3 is 29.7 Å². The predicted molar refractivity (Wildman–Crippen MR) is 138 cm³/mol. The van der Waals surface area contributed by atoms with E-state index in [1.807, 2.05) is 0 Å². The minimum atomic E-state index is -2.52. The number of hydrogen-bond acceptors (Lipinski definition) is 9. The summed E-state index contributed by atoms with van der Waals surface area (Å²) in [6, 6.07) is 8.47. The van der Waals surface area contributed by atoms with Crippen molar-refractivity contribution in [1.29, 1.82) is 0 Å². The first-order chi connectivity index (χ1) is 18.8. The lowest BCUT2D eigenvalue weighted by molar-refractivity contribution is -0.188. The number of ether oxygens (including phenoxy) is 3. The minimum absolute atomic E-state index is 0.0191. The zero-order chi connectivity index (χ0) is 27.6. The summed E-state index contributed by atoms with van der Waals surface area (Å²) in [4.78, 5) is 37.4. The van der Waals surface area contributed by atoms with E-state index in [0.29, 0.717) is 42.2 Å². The molecule has 0 spiro atoms. The van der Waals surface area contributed by atoms with Gasteiger partial charge in [-0.15, -0.1) is 12.3 Å². The number of nitrogens with zero attached hydrogens (tertiary/aromatic N) is 4. The Morgan fingerprint density at radius 2 is 2.03 bits per heavy atom. The van der Waals surface area contributed by atoms with Crippen molar-refractivity contribution < 1.29 is 34.0 Å². The number of carboxylic acid groups (broad SMARTS) is 2. The number of carboxylic acids is 2. The average molecular weight is 556 g/mol. The maximum atomic E-state index is 12.2. The van der Waals surface area contributed by atoms with Crippen molar-refractivity contribution in [3.05, 3.63) is 47.5 Å². The summed E-state index contributed by atoms with van der Waals surface area (Å²) in [5.41, 5.74) is -1.11. The van der Waals surface area contributed by atoms with Crippen molar-refractivity contribution in [1.82, 2.24) is 19.5 Å². The standard InChI is InChI=1S/C26H26ClN5O7/c1-2-16-10-19(32-14-28-20-21(29-17-8-9-37-12-17)30-25(27)31-22(20)32)39-18(16)13-38-26(23(33)34,24(35)36)11-15-6-4-3-5-7-15/h1,3-7,14,16-19H,8-13H2,(H,33,34)(H,35,36)(H,29,30,31). The second kappa shape index (κ2) is 11.2. The molecule has 0 aliphatic carbocycles. The zero-order valence-electron chi connectivity index (χ0n) is 20.7. The molecule has 2 saturated heterocycles. The molecule has 39 heavy (non-hydrogen) atoms. The SMILES string of the molecule is C#CC1CC(n2cnc3c(NC4CCOC4)nc(Cl)nc32)OC1COC(Cc1ccccc1)(C(=O)O)C(=O)O. The van der Waals surface area contributed by atoms with Gasteiger partial charge in [0, 0.05) is 19.4 Å². The highest BCUT2D eigenvalue weighted by Gasteiger charge is 2.50. The first-order valence-electron chi connectivity index (χ1n) is 12.3. The number of carbonyl (C=O) groups is 2. The van der Waals surface area contributed by atoms with E-state index in [-0.39, 0.29) is 24.4 Å². The number of terminal acetylenes is 1. The molecule has 204 valence electrons. The monoisotopic (exact) mass is 555 g/mol. The second-order valence-corrected chi connectivity index (χ2v) is 9.76. The Morgan fingerprint density at radius 1 is 1.26 bits per heavy atom. The van der Waals surface area contributed by atoms with Crippen LogP contribution in [0.3, 0.4) is 0 Å². The lowest BCUT2D eigenvalue weighted by Gasteiger charge is -2.27. The van der Waals surface area contributed by atoms with Crippen LogP contribution >= 0.6 is 11.6 Å². The van der Waals surface area contributed by atoms with Crippen LogP contribution in [0.25, 0.3) is 11.2 Å². The van der Waals surface area contributed by atoms with Gasteiger partial charge in [-0.1, -0.05) is 30.3 Å². The number of halogens is 1. The van der Waals surface area contributed by atoms with E-state index in [2.05, 4.69) is 26.2 Å². The third kappa shape index (κ3) is 5.39. The number of benzene rings is 1. The summed E-state index contributed by atoms with van der Waals surface area (Å²) < 4.78 is 18.9. The van der Waals surface area contributed by atoms with E-state index in [4.69, 9.17) is 32.2 Å². The van der Waals surface area contributed by atoms with Gasteiger partial charge in [0.1, 0.15) is 6.23 Å². The molecule has 4 atom stereocenters. The van der Waals surface area contributed by atoms with Gasteiger partial charge in [0.25, 0.3) is 5.60 Å². The Hall–Kier alpha value is -3.76. The molecule has 2 aliphatic heterocycles. The molecule has 2 fully saturated rings. The highest BCUT2D eigenvalue weighted by atomic mass is 35.5. The Morgan fingerprint density at radius 3 is 2.69 bits per heavy atom. The summed E-state index contributed by atoms with van der Waals surface area (Å²) >= 11 is 6.22. The molecule has 1 aromatic carbocycles. The van der Waals surface area contributed by atoms with E-state index in [9.17, 15) is 19.8 Å². The van der Waals surface area contributed by atoms with Crippen molar-refractivity contribution in [2.24, 2.45) is 5.92 Å². The number of hydrogen-bond donors (Lipinski definition) is 3. The molecule has 2 aliphatic rings. The van der Waals surface area contributed by atoms with Crippen molar-refractivity contribution in [3.8, 4) is 12.3 Å². The first kappa shape index (κ1) is 26.8. The molecule has 0 amide bonds. The number of imidazole rings is 1. The smallest absolute Gasteiger partial charge is 0.348 e. The van der Waals surface area contributed by atoms with Crippen LogP contribution in [0.2, 0.25) is 5.28 Å². The van der Waals surface area contributed by atoms with Gasteiger partial charge in [-0.3, -0.25) is 4.57 Å². The highest BCUT2D eigenvalue weighted by molar-refractivity contribution is 6.28. The lowest BCUT2D eigenvalue weighted by Crippen LogP contribution is -2.52. The van der Waals surface area contributed by atoms with Crippen LogP contribution in [-0.2, 0) is 30.2 Å². The van der Waals surface area contributed by atoms with Crippen LogP contribution in [-0.4, -0.2) is 79.2 Å². The fourth-order valence-corrected chi connectivity index (χ4v) is 4.96. The Balaban J connectivity index is 1.36. The van der Waals surface area contributed by atoms with Crippen LogP contribution in [0.4, 0.5) is 5.82 Å². The van der Waals surface area contributed by atoms with Crippen LogP contribution in [0.1, 0.15) is 24.6 Å². The largest absolute Gasteiger partial charge is 0.479 e. The molecule has 4 unspecified atom stereocenters. The number of aliphatic carboxylic acids is 2. The molecule has 5 rings (SSSR count). The fourth-order valence-electron chi connectivity index (χ4n) is 4.80. The molecular weight excluding hydrogens is 530 g/mol. The molecule has 2 aromatic heterocycles. The topological polar surface area (TPSA) is 158 Å². The Labute approximate surface area is 228 Å². The van der Waals surface area contributed by atoms with Crippen molar-refractivity contribution in [3.63, 3.8) is 0 Å². The van der Waals surface area contributed by atoms with E-state index in [0.717, 1.165) is 6.42 Å². The first-order valence-corrected chi connectivity index (χ1v) is 12.7. The van der Waals surface area contributed by atoms with Crippen molar-refractivity contribution in [2.75, 3.05) is 25.1 Å². The Kier molecular flexibility index (Phi) is 7.67. The van der Waals surface area contributed by atoms with Crippen molar-refractivity contribution in [2.45, 2.75) is 43.2 Å². The number of fused-ring (bicyclic) bond motifs is 1. The number of nitrogens with one attached hydrogen (secondary N) is 1. The molecule has 0 saturated carbocycles. The zero-order valence-corrected chi connectivity index (χ0v) is 21.5. The summed E-state index contributed by atoms with van der Waals surface area (Å²) in [6.45, 7) is 0.838. The molecule has 0 bridgehead atoms. The van der Waals surface area contributed by atoms with Crippen molar-refractivity contribution >= 4 is 40.5 Å². The highest BCUT2D eigenvalue weighted by Crippen LogP contribution is 2.37. The summed E-state index contributed by atoms with van der Waals surface area (Å²) in [5, 5.41) is 23.1. The van der Waals surface area contributed by atoms with E-state index in [1.165, 1.54) is 0 Å². The van der Waals surface area contributed by atoms with Gasteiger partial charge in [0.15, 0.2) is 17.0 Å². The van der Waals surface area contributed by atoms with Gasteiger partial charge in [-0.05, 0) is 23.6 Å². The molecule has 13 heteroatoms. The van der Waals surface area contributed by atoms with Crippen LogP contribution in [0, 0.1) is 18.3 Å². The Bertz CT molecular complexity index is 1390. The summed E-state index contributed by atoms with van der Waals surface area (Å²) in [6.07, 6.45) is 6.68. The van der Waals surface area contributed by atoms with Crippen LogP contribution in [0.5, 0.6) is 0 Å². The molecule has 0 radical (unpaired) electrons. The normalized spacial score (nSPS) is 23.1. The van der Waals surface area contributed by atoms with Gasteiger partial charge in [-0.25, -0.2) is 14.6 Å². The third-order valence-electron chi connectivity index (χ3n) is 6.91. The van der Waals surface area contributed by atoms with E-state index < -0.39 is 35.8 Å². The van der Waals surface area contributed by atoms with Gasteiger partial charge in [0.05, 0.1) is 37.6 Å². The van der Waals surface area contributed by atoms with Crippen LogP contribution in [0.15, 0.2) is 36.7 Å². The number of rotatable bonds is 10. The summed E-state index contributed by atoms with van der Waals surface area (Å²) in [5.74, 6) is -0.609. The quantitative estimate of drug-likeness (QED) is 0.191. The maximum absolute atomic E-state index is 12.2. The molecule has 12 nitrogen and oxygen atoms in total. The fraction of sp³-hybridized carbons (Fsp3) is 0.423. The molecular formula is C26H26ClN5O7. The van der Waals surface area contributed by atoms with Gasteiger partial charge >= 0.3 is 11.9 Å². The van der Waals surface area contributed by atoms with Gasteiger partial charge in [-0.2, -0.15) is 9.97 Å². The molecule has 4 heterocycles. The lowest BCUT2D eigenvalue weighted by atomic mass is 9.94. The molecule has 3 N–H and O–H groups in total. The number of anilines is 1. The van der Waals surface area contributed by atoms with Gasteiger partial charge in [0.2, 0.25) is 5.28 Å². The van der Waals surface area contributed by atoms with E-state index >= 15 is 0 Å². The summed E-state index contributed by atoms with van der Waals surface area (Å²) in [7, 11) is 0. The third-order valence-corrected chi connectivity index (χ3v) is 7.08. The van der Waals surface area contributed by atoms with E-state index in [1.54, 1.807) is 41.2 Å².